The minimum atomic E-state index is -0.240. The quantitative estimate of drug-likeness (QED) is 0.694. The number of amides is 3. The first kappa shape index (κ1) is 20.4. The summed E-state index contributed by atoms with van der Waals surface area (Å²) in [5.41, 5.74) is 5.37. The maximum Gasteiger partial charge on any atom is 0.237 e. The molecule has 2 aliphatic heterocycles. The SMILES string of the molecule is C=CCC(=O)N1CCN(C(=O)CN2CCC(C(N)=O)CC2)C(C(C)C)C1. The molecule has 2 fully saturated rings. The van der Waals surface area contributed by atoms with Crippen molar-refractivity contribution in [2.75, 3.05) is 39.3 Å². The number of likely N-dealkylation sites (tertiary alicyclic amines) is 1. The molecule has 0 aromatic heterocycles. The Balaban J connectivity index is 1.92. The van der Waals surface area contributed by atoms with Crippen molar-refractivity contribution >= 4 is 17.7 Å². The molecule has 0 aromatic carbocycles. The summed E-state index contributed by atoms with van der Waals surface area (Å²) in [6, 6.07) is 0.0353. The van der Waals surface area contributed by atoms with E-state index < -0.39 is 0 Å². The lowest BCUT2D eigenvalue weighted by molar-refractivity contribution is -0.145. The van der Waals surface area contributed by atoms with E-state index in [1.807, 2.05) is 9.80 Å². The predicted molar refractivity (Wildman–Crippen MR) is 100 cm³/mol. The molecule has 7 heteroatoms. The van der Waals surface area contributed by atoms with Gasteiger partial charge < -0.3 is 15.5 Å². The lowest BCUT2D eigenvalue weighted by Crippen LogP contribution is -2.60. The van der Waals surface area contributed by atoms with Crippen LogP contribution in [0.15, 0.2) is 12.7 Å². The van der Waals surface area contributed by atoms with Gasteiger partial charge in [0.2, 0.25) is 17.7 Å². The largest absolute Gasteiger partial charge is 0.369 e. The van der Waals surface area contributed by atoms with Crippen molar-refractivity contribution in [1.82, 2.24) is 14.7 Å². The Morgan fingerprint density at radius 1 is 1.12 bits per heavy atom. The maximum absolute atomic E-state index is 12.9. The number of piperazine rings is 1. The lowest BCUT2D eigenvalue weighted by atomic mass is 9.96. The third-order valence-corrected chi connectivity index (χ3v) is 5.53. The second kappa shape index (κ2) is 9.16. The van der Waals surface area contributed by atoms with E-state index in [1.165, 1.54) is 0 Å². The molecular weight excluding hydrogens is 332 g/mol. The summed E-state index contributed by atoms with van der Waals surface area (Å²) in [6.07, 6.45) is 3.41. The zero-order chi connectivity index (χ0) is 19.3. The fraction of sp³-hybridized carbons (Fsp3) is 0.737. The molecule has 0 aromatic rings. The molecule has 3 amide bonds. The van der Waals surface area contributed by atoms with E-state index in [0.717, 1.165) is 25.9 Å². The highest BCUT2D eigenvalue weighted by Gasteiger charge is 2.35. The van der Waals surface area contributed by atoms with Gasteiger partial charge in [-0.05, 0) is 31.8 Å². The van der Waals surface area contributed by atoms with Crippen molar-refractivity contribution in [2.24, 2.45) is 17.6 Å². The number of nitrogens with zero attached hydrogens (tertiary/aromatic N) is 3. The van der Waals surface area contributed by atoms with Crippen molar-refractivity contribution in [3.05, 3.63) is 12.7 Å². The standard InChI is InChI=1S/C19H32N4O3/c1-4-5-17(24)22-10-11-23(16(12-22)14(2)3)18(25)13-21-8-6-15(7-9-21)19(20)26/h4,14-16H,1,5-13H2,2-3H3,(H2,20,26). The average molecular weight is 364 g/mol. The maximum atomic E-state index is 12.9. The Bertz CT molecular complexity index is 541. The fourth-order valence-electron chi connectivity index (χ4n) is 3.83. The van der Waals surface area contributed by atoms with Gasteiger partial charge in [-0.3, -0.25) is 19.3 Å². The van der Waals surface area contributed by atoms with Gasteiger partial charge in [0.15, 0.2) is 0 Å². The molecule has 1 atom stereocenters. The number of piperidine rings is 1. The number of nitrogens with two attached hydrogens (primary N) is 1. The molecule has 2 saturated heterocycles. The molecule has 0 bridgehead atoms. The zero-order valence-electron chi connectivity index (χ0n) is 16.0. The summed E-state index contributed by atoms with van der Waals surface area (Å²) >= 11 is 0. The molecule has 2 N–H and O–H groups in total. The predicted octanol–water partition coefficient (Wildman–Crippen LogP) is 0.455. The van der Waals surface area contributed by atoms with Crippen LogP contribution >= 0.6 is 0 Å². The number of carbonyl (C=O) groups excluding carboxylic acids is 3. The van der Waals surface area contributed by atoms with Crippen LogP contribution in [0.25, 0.3) is 0 Å². The molecule has 0 spiro atoms. The zero-order valence-corrected chi connectivity index (χ0v) is 16.0. The fourth-order valence-corrected chi connectivity index (χ4v) is 3.83. The van der Waals surface area contributed by atoms with E-state index in [-0.39, 0.29) is 35.6 Å². The normalized spacial score (nSPS) is 22.5. The van der Waals surface area contributed by atoms with E-state index in [4.69, 9.17) is 5.73 Å². The highest BCUT2D eigenvalue weighted by Crippen LogP contribution is 2.20. The van der Waals surface area contributed by atoms with Crippen LogP contribution < -0.4 is 5.73 Å². The van der Waals surface area contributed by atoms with E-state index in [2.05, 4.69) is 25.3 Å². The first-order valence-electron chi connectivity index (χ1n) is 9.53. The van der Waals surface area contributed by atoms with Gasteiger partial charge in [0.05, 0.1) is 12.6 Å². The van der Waals surface area contributed by atoms with Crippen molar-refractivity contribution in [3.8, 4) is 0 Å². The van der Waals surface area contributed by atoms with E-state index in [9.17, 15) is 14.4 Å². The van der Waals surface area contributed by atoms with E-state index in [1.54, 1.807) is 6.08 Å². The third kappa shape index (κ3) is 5.06. The Labute approximate surface area is 156 Å². The molecule has 2 aliphatic rings. The van der Waals surface area contributed by atoms with Crippen LogP contribution in [0, 0.1) is 11.8 Å². The molecule has 1 unspecified atom stereocenters. The van der Waals surface area contributed by atoms with Crippen molar-refractivity contribution in [1.29, 1.82) is 0 Å². The summed E-state index contributed by atoms with van der Waals surface area (Å²) in [5.74, 6) is 0.155. The van der Waals surface area contributed by atoms with Gasteiger partial charge in [0, 0.05) is 32.0 Å². The van der Waals surface area contributed by atoms with Crippen LogP contribution in [0.5, 0.6) is 0 Å². The van der Waals surface area contributed by atoms with Crippen LogP contribution in [-0.4, -0.2) is 77.7 Å². The highest BCUT2D eigenvalue weighted by atomic mass is 16.2. The topological polar surface area (TPSA) is 87.0 Å². The van der Waals surface area contributed by atoms with Gasteiger partial charge in [0.25, 0.3) is 0 Å². The van der Waals surface area contributed by atoms with Crippen LogP contribution in [0.3, 0.4) is 0 Å². The lowest BCUT2D eigenvalue weighted by Gasteiger charge is -2.44. The number of hydrogen-bond donors (Lipinski definition) is 1. The number of rotatable bonds is 6. The second-order valence-corrected chi connectivity index (χ2v) is 7.68. The van der Waals surface area contributed by atoms with Gasteiger partial charge in [0.1, 0.15) is 0 Å². The molecule has 0 saturated carbocycles. The molecule has 7 nitrogen and oxygen atoms in total. The Morgan fingerprint density at radius 3 is 2.31 bits per heavy atom. The Kier molecular flexibility index (Phi) is 7.20. The van der Waals surface area contributed by atoms with Gasteiger partial charge in [-0.2, -0.15) is 0 Å². The van der Waals surface area contributed by atoms with Gasteiger partial charge >= 0.3 is 0 Å². The van der Waals surface area contributed by atoms with Crippen molar-refractivity contribution in [2.45, 2.75) is 39.2 Å². The number of hydrogen-bond acceptors (Lipinski definition) is 4. The molecule has 2 heterocycles. The monoisotopic (exact) mass is 364 g/mol. The molecule has 0 radical (unpaired) electrons. The van der Waals surface area contributed by atoms with Crippen molar-refractivity contribution < 1.29 is 14.4 Å². The summed E-state index contributed by atoms with van der Waals surface area (Å²) in [5, 5.41) is 0. The highest BCUT2D eigenvalue weighted by molar-refractivity contribution is 5.81. The smallest absolute Gasteiger partial charge is 0.237 e. The first-order chi connectivity index (χ1) is 12.3. The van der Waals surface area contributed by atoms with Crippen LogP contribution in [0.4, 0.5) is 0 Å². The van der Waals surface area contributed by atoms with Gasteiger partial charge in [-0.25, -0.2) is 0 Å². The summed E-state index contributed by atoms with van der Waals surface area (Å²) in [7, 11) is 0. The van der Waals surface area contributed by atoms with Crippen LogP contribution in [0.2, 0.25) is 0 Å². The molecule has 2 rings (SSSR count). The van der Waals surface area contributed by atoms with E-state index in [0.29, 0.717) is 32.6 Å². The summed E-state index contributed by atoms with van der Waals surface area (Å²) < 4.78 is 0. The minimum Gasteiger partial charge on any atom is -0.369 e. The number of primary amides is 1. The number of carbonyl (C=O) groups is 3. The second-order valence-electron chi connectivity index (χ2n) is 7.68. The average Bonchev–Trinajstić information content (AvgIpc) is 2.61. The molecule has 26 heavy (non-hydrogen) atoms. The Morgan fingerprint density at radius 2 is 1.77 bits per heavy atom. The van der Waals surface area contributed by atoms with Crippen molar-refractivity contribution in [3.63, 3.8) is 0 Å². The van der Waals surface area contributed by atoms with Crippen LogP contribution in [-0.2, 0) is 14.4 Å². The third-order valence-electron chi connectivity index (χ3n) is 5.53. The molecule has 0 aliphatic carbocycles. The van der Waals surface area contributed by atoms with E-state index >= 15 is 0 Å². The first-order valence-corrected chi connectivity index (χ1v) is 9.53. The minimum absolute atomic E-state index is 0.0353. The van der Waals surface area contributed by atoms with Crippen LogP contribution in [0.1, 0.15) is 33.1 Å². The summed E-state index contributed by atoms with van der Waals surface area (Å²) in [4.78, 5) is 42.2. The summed E-state index contributed by atoms with van der Waals surface area (Å²) in [6.45, 7) is 11.4. The van der Waals surface area contributed by atoms with Gasteiger partial charge in [-0.15, -0.1) is 6.58 Å². The Hall–Kier alpha value is -1.89. The molecular formula is C19H32N4O3. The molecule has 146 valence electrons. The van der Waals surface area contributed by atoms with Gasteiger partial charge in [-0.1, -0.05) is 19.9 Å².